The van der Waals surface area contributed by atoms with Gasteiger partial charge in [-0.3, -0.25) is 4.79 Å². The topological polar surface area (TPSA) is 29.5 Å². The zero-order valence-electron chi connectivity index (χ0n) is 10.3. The Bertz CT molecular complexity index is 428. The molecular formula is C15H17NO2. The van der Waals surface area contributed by atoms with Crippen LogP contribution in [0.5, 0.6) is 0 Å². The SMILES string of the molecule is O=C/C=C/C=C/c1ccc(N2CCOCC2)cc1. The number of aldehydes is 1. The van der Waals surface area contributed by atoms with Gasteiger partial charge in [0.1, 0.15) is 6.29 Å². The zero-order valence-corrected chi connectivity index (χ0v) is 10.3. The monoisotopic (exact) mass is 243 g/mol. The summed E-state index contributed by atoms with van der Waals surface area (Å²) in [6, 6.07) is 8.40. The molecule has 18 heavy (non-hydrogen) atoms. The van der Waals surface area contributed by atoms with E-state index in [1.165, 1.54) is 11.8 Å². The lowest BCUT2D eigenvalue weighted by Crippen LogP contribution is -2.36. The van der Waals surface area contributed by atoms with Crippen LogP contribution in [0.3, 0.4) is 0 Å². The first kappa shape index (κ1) is 12.6. The minimum Gasteiger partial charge on any atom is -0.378 e. The van der Waals surface area contributed by atoms with Gasteiger partial charge in [-0.2, -0.15) is 0 Å². The first-order chi connectivity index (χ1) is 8.90. The summed E-state index contributed by atoms with van der Waals surface area (Å²) in [6.45, 7) is 3.52. The van der Waals surface area contributed by atoms with Gasteiger partial charge < -0.3 is 9.64 Å². The van der Waals surface area contributed by atoms with Crippen LogP contribution in [0.2, 0.25) is 0 Å². The summed E-state index contributed by atoms with van der Waals surface area (Å²) in [6.07, 6.45) is 7.80. The fraction of sp³-hybridized carbons (Fsp3) is 0.267. The summed E-state index contributed by atoms with van der Waals surface area (Å²) in [7, 11) is 0. The molecule has 0 unspecified atom stereocenters. The maximum Gasteiger partial charge on any atom is 0.142 e. The molecule has 94 valence electrons. The quantitative estimate of drug-likeness (QED) is 0.461. The van der Waals surface area contributed by atoms with Crippen molar-refractivity contribution >= 4 is 18.0 Å². The van der Waals surface area contributed by atoms with E-state index in [9.17, 15) is 4.79 Å². The van der Waals surface area contributed by atoms with Crippen molar-refractivity contribution in [3.8, 4) is 0 Å². The molecule has 1 aromatic rings. The molecule has 0 radical (unpaired) electrons. The van der Waals surface area contributed by atoms with Crippen LogP contribution in [-0.4, -0.2) is 32.6 Å². The van der Waals surface area contributed by atoms with Crippen molar-refractivity contribution in [3.05, 3.63) is 48.1 Å². The largest absolute Gasteiger partial charge is 0.378 e. The van der Waals surface area contributed by atoms with Gasteiger partial charge in [0.05, 0.1) is 13.2 Å². The molecule has 0 bridgehead atoms. The molecule has 2 rings (SSSR count). The number of carbonyl (C=O) groups excluding carboxylic acids is 1. The molecular weight excluding hydrogens is 226 g/mol. The third-order valence-corrected chi connectivity index (χ3v) is 2.86. The van der Waals surface area contributed by atoms with E-state index in [0.717, 1.165) is 38.2 Å². The predicted octanol–water partition coefficient (Wildman–Crippen LogP) is 2.29. The summed E-state index contributed by atoms with van der Waals surface area (Å²) in [5, 5.41) is 0. The van der Waals surface area contributed by atoms with Crippen LogP contribution >= 0.6 is 0 Å². The van der Waals surface area contributed by atoms with Crippen LogP contribution in [-0.2, 0) is 9.53 Å². The Hall–Kier alpha value is -1.87. The second kappa shape index (κ2) is 6.77. The van der Waals surface area contributed by atoms with Gasteiger partial charge in [0.25, 0.3) is 0 Å². The Kier molecular flexibility index (Phi) is 4.73. The minimum atomic E-state index is 0.770. The fourth-order valence-electron chi connectivity index (χ4n) is 1.89. The van der Waals surface area contributed by atoms with E-state index in [0.29, 0.717) is 0 Å². The number of nitrogens with zero attached hydrogens (tertiary/aromatic N) is 1. The van der Waals surface area contributed by atoms with E-state index >= 15 is 0 Å². The van der Waals surface area contributed by atoms with Crippen LogP contribution in [0.25, 0.3) is 6.08 Å². The van der Waals surface area contributed by atoms with Gasteiger partial charge in [-0.15, -0.1) is 0 Å². The van der Waals surface area contributed by atoms with E-state index in [1.54, 1.807) is 6.08 Å². The third-order valence-electron chi connectivity index (χ3n) is 2.86. The van der Waals surface area contributed by atoms with Gasteiger partial charge in [0.15, 0.2) is 0 Å². The van der Waals surface area contributed by atoms with Crippen molar-refractivity contribution in [3.63, 3.8) is 0 Å². The maximum atomic E-state index is 10.1. The number of rotatable bonds is 4. The van der Waals surface area contributed by atoms with Gasteiger partial charge in [-0.1, -0.05) is 30.4 Å². The summed E-state index contributed by atoms with van der Waals surface area (Å²) >= 11 is 0. The van der Waals surface area contributed by atoms with Crippen LogP contribution in [0.1, 0.15) is 5.56 Å². The number of anilines is 1. The number of carbonyl (C=O) groups is 1. The molecule has 1 heterocycles. The molecule has 3 heteroatoms. The first-order valence-electron chi connectivity index (χ1n) is 6.11. The van der Waals surface area contributed by atoms with Crippen LogP contribution < -0.4 is 4.90 Å². The normalized spacial score (nSPS) is 16.6. The Morgan fingerprint density at radius 3 is 2.39 bits per heavy atom. The van der Waals surface area contributed by atoms with Gasteiger partial charge in [0.2, 0.25) is 0 Å². The molecule has 0 amide bonds. The highest BCUT2D eigenvalue weighted by Crippen LogP contribution is 2.17. The summed E-state index contributed by atoms with van der Waals surface area (Å²) in [5.41, 5.74) is 2.36. The first-order valence-corrected chi connectivity index (χ1v) is 6.11. The van der Waals surface area contributed by atoms with Crippen molar-refractivity contribution < 1.29 is 9.53 Å². The van der Waals surface area contributed by atoms with E-state index in [1.807, 2.05) is 12.2 Å². The van der Waals surface area contributed by atoms with Crippen LogP contribution in [0.15, 0.2) is 42.5 Å². The molecule has 1 aliphatic heterocycles. The summed E-state index contributed by atoms with van der Waals surface area (Å²) in [5.74, 6) is 0. The number of benzene rings is 1. The van der Waals surface area contributed by atoms with Gasteiger partial charge in [0, 0.05) is 18.8 Å². The van der Waals surface area contributed by atoms with E-state index in [2.05, 4.69) is 29.2 Å². The van der Waals surface area contributed by atoms with Gasteiger partial charge in [-0.25, -0.2) is 0 Å². The number of hydrogen-bond acceptors (Lipinski definition) is 3. The predicted molar refractivity (Wildman–Crippen MR) is 73.7 cm³/mol. The fourth-order valence-corrected chi connectivity index (χ4v) is 1.89. The highest BCUT2D eigenvalue weighted by Gasteiger charge is 2.10. The van der Waals surface area contributed by atoms with Crippen LogP contribution in [0.4, 0.5) is 5.69 Å². The van der Waals surface area contributed by atoms with E-state index < -0.39 is 0 Å². The lowest BCUT2D eigenvalue weighted by molar-refractivity contribution is -0.104. The molecule has 3 nitrogen and oxygen atoms in total. The second-order valence-corrected chi connectivity index (χ2v) is 4.07. The minimum absolute atomic E-state index is 0.770. The Morgan fingerprint density at radius 2 is 1.72 bits per heavy atom. The number of morpholine rings is 1. The summed E-state index contributed by atoms with van der Waals surface area (Å²) in [4.78, 5) is 12.4. The Labute approximate surface area is 107 Å². The number of allylic oxidation sites excluding steroid dienone is 3. The highest BCUT2D eigenvalue weighted by atomic mass is 16.5. The van der Waals surface area contributed by atoms with Crippen molar-refractivity contribution in [2.45, 2.75) is 0 Å². The van der Waals surface area contributed by atoms with Gasteiger partial charge >= 0.3 is 0 Å². The molecule has 0 N–H and O–H groups in total. The number of ether oxygens (including phenoxy) is 1. The molecule has 0 atom stereocenters. The molecule has 0 aromatic heterocycles. The zero-order chi connectivity index (χ0) is 12.6. The average Bonchev–Trinajstić information content (AvgIpc) is 2.45. The highest BCUT2D eigenvalue weighted by molar-refractivity contribution is 5.66. The smallest absolute Gasteiger partial charge is 0.142 e. The standard InChI is InChI=1S/C15H17NO2/c17-11-3-1-2-4-14-5-7-15(8-6-14)16-9-12-18-13-10-16/h1-8,11H,9-10,12-13H2/b3-1+,4-2+. The molecule has 0 saturated carbocycles. The Morgan fingerprint density at radius 1 is 1.00 bits per heavy atom. The van der Waals surface area contributed by atoms with Crippen molar-refractivity contribution in [1.29, 1.82) is 0 Å². The van der Waals surface area contributed by atoms with Gasteiger partial charge in [-0.05, 0) is 23.8 Å². The maximum absolute atomic E-state index is 10.1. The molecule has 1 aliphatic rings. The Balaban J connectivity index is 1.98. The van der Waals surface area contributed by atoms with E-state index in [4.69, 9.17) is 4.74 Å². The third kappa shape index (κ3) is 3.57. The average molecular weight is 243 g/mol. The van der Waals surface area contributed by atoms with Crippen molar-refractivity contribution in [2.24, 2.45) is 0 Å². The van der Waals surface area contributed by atoms with Crippen molar-refractivity contribution in [2.75, 3.05) is 31.2 Å². The molecule has 1 aromatic carbocycles. The molecule has 0 spiro atoms. The van der Waals surface area contributed by atoms with Crippen LogP contribution in [0, 0.1) is 0 Å². The molecule has 0 aliphatic carbocycles. The van der Waals surface area contributed by atoms with E-state index in [-0.39, 0.29) is 0 Å². The van der Waals surface area contributed by atoms with Crippen molar-refractivity contribution in [1.82, 2.24) is 0 Å². The number of hydrogen-bond donors (Lipinski definition) is 0. The lowest BCUT2D eigenvalue weighted by atomic mass is 10.1. The lowest BCUT2D eigenvalue weighted by Gasteiger charge is -2.28. The second-order valence-electron chi connectivity index (χ2n) is 4.07. The summed E-state index contributed by atoms with van der Waals surface area (Å²) < 4.78 is 5.33. The molecule has 1 fully saturated rings. The molecule has 1 saturated heterocycles.